The molecular weight excluding hydrogens is 362 g/mol. The topological polar surface area (TPSA) is 58.2 Å². The normalized spacial score (nSPS) is 10.8. The molecule has 142 valence electrons. The molecule has 4 aromatic rings. The lowest BCUT2D eigenvalue weighted by Crippen LogP contribution is -2.42. The van der Waals surface area contributed by atoms with Crippen molar-refractivity contribution in [2.75, 3.05) is 0 Å². The Balaban J connectivity index is 1.72. The van der Waals surface area contributed by atoms with Gasteiger partial charge in [0.05, 0.1) is 6.42 Å². The van der Waals surface area contributed by atoms with Crippen molar-refractivity contribution in [2.45, 2.75) is 13.0 Å². The van der Waals surface area contributed by atoms with E-state index in [2.05, 4.69) is 0 Å². The second kappa shape index (κ2) is 8.07. The van der Waals surface area contributed by atoms with Gasteiger partial charge in [-0.05, 0) is 35.7 Å². The monoisotopic (exact) mass is 382 g/mol. The Labute approximate surface area is 168 Å². The average molecular weight is 382 g/mol. The minimum atomic E-state index is -0.0673. The number of aromatic nitrogens is 1. The Hall–Kier alpha value is -3.79. The molecule has 0 unspecified atom stereocenters. The molecule has 4 nitrogen and oxygen atoms in total. The third-order valence-corrected chi connectivity index (χ3v) is 4.98. The van der Waals surface area contributed by atoms with Gasteiger partial charge in [0.25, 0.3) is 0 Å². The van der Waals surface area contributed by atoms with Crippen LogP contribution in [-0.2, 0) is 13.0 Å². The highest BCUT2D eigenvalue weighted by atomic mass is 16.3. The molecule has 0 radical (unpaired) electrons. The largest absolute Gasteiger partial charge is 0.508 e. The lowest BCUT2D eigenvalue weighted by Gasteiger charge is -2.08. The van der Waals surface area contributed by atoms with Gasteiger partial charge < -0.3 is 5.11 Å². The number of hydrogen-bond donors (Lipinski definition) is 1. The Morgan fingerprint density at radius 1 is 0.724 bits per heavy atom. The Bertz CT molecular complexity index is 1180. The van der Waals surface area contributed by atoms with E-state index in [0.717, 1.165) is 16.5 Å². The number of phenols is 1. The molecule has 0 aliphatic rings. The van der Waals surface area contributed by atoms with Crippen molar-refractivity contribution in [3.63, 3.8) is 0 Å². The molecule has 0 spiro atoms. The van der Waals surface area contributed by atoms with Crippen molar-refractivity contribution in [3.05, 3.63) is 108 Å². The molecule has 0 aliphatic heterocycles. The molecular formula is C25H20NO3+. The van der Waals surface area contributed by atoms with Gasteiger partial charge in [-0.2, -0.15) is 4.57 Å². The molecule has 29 heavy (non-hydrogen) atoms. The number of rotatable bonds is 6. The number of carbonyl (C=O) groups is 2. The summed E-state index contributed by atoms with van der Waals surface area (Å²) >= 11 is 0. The van der Waals surface area contributed by atoms with Crippen LogP contribution in [0.25, 0.3) is 10.8 Å². The molecule has 3 aromatic carbocycles. The zero-order valence-electron chi connectivity index (χ0n) is 15.8. The molecule has 0 amide bonds. The summed E-state index contributed by atoms with van der Waals surface area (Å²) in [4.78, 5) is 25.7. The Morgan fingerprint density at radius 2 is 1.38 bits per heavy atom. The van der Waals surface area contributed by atoms with Crippen LogP contribution in [0.5, 0.6) is 5.75 Å². The fraction of sp³-hybridized carbons (Fsp3) is 0.0800. The van der Waals surface area contributed by atoms with Crippen LogP contribution in [0.4, 0.5) is 0 Å². The van der Waals surface area contributed by atoms with Crippen molar-refractivity contribution in [3.8, 4) is 5.75 Å². The first kappa shape index (κ1) is 18.6. The molecule has 4 rings (SSSR count). The second-order valence-electron chi connectivity index (χ2n) is 6.91. The molecule has 4 heteroatoms. The first-order valence-electron chi connectivity index (χ1n) is 9.42. The summed E-state index contributed by atoms with van der Waals surface area (Å²) < 4.78 is 1.86. The van der Waals surface area contributed by atoms with Gasteiger partial charge >= 0.3 is 0 Å². The Kier molecular flexibility index (Phi) is 5.16. The van der Waals surface area contributed by atoms with Gasteiger partial charge in [-0.3, -0.25) is 9.59 Å². The maximum absolute atomic E-state index is 12.9. The van der Waals surface area contributed by atoms with Crippen molar-refractivity contribution in [1.29, 1.82) is 0 Å². The van der Waals surface area contributed by atoms with Gasteiger partial charge in [0.1, 0.15) is 5.75 Å². The van der Waals surface area contributed by atoms with Crippen LogP contribution in [-0.4, -0.2) is 16.7 Å². The van der Waals surface area contributed by atoms with Crippen LogP contribution in [0.15, 0.2) is 91.1 Å². The first-order chi connectivity index (χ1) is 14.1. The summed E-state index contributed by atoms with van der Waals surface area (Å²) in [5.74, 6) is 0.0432. The zero-order chi connectivity index (χ0) is 20.2. The predicted octanol–water partition coefficient (Wildman–Crippen LogP) is 4.14. The van der Waals surface area contributed by atoms with E-state index in [9.17, 15) is 14.7 Å². The average Bonchev–Trinajstić information content (AvgIpc) is 2.76. The van der Waals surface area contributed by atoms with Crippen LogP contribution in [0.2, 0.25) is 0 Å². The summed E-state index contributed by atoms with van der Waals surface area (Å²) in [7, 11) is 0. The van der Waals surface area contributed by atoms with E-state index in [1.165, 1.54) is 12.1 Å². The summed E-state index contributed by atoms with van der Waals surface area (Å²) in [6.45, 7) is 0.160. The molecule has 0 aliphatic carbocycles. The van der Waals surface area contributed by atoms with E-state index in [4.69, 9.17) is 0 Å². The summed E-state index contributed by atoms with van der Waals surface area (Å²) in [5, 5.41) is 11.4. The number of fused-ring (bicyclic) bond motifs is 1. The lowest BCUT2D eigenvalue weighted by atomic mass is 10.0. The lowest BCUT2D eigenvalue weighted by molar-refractivity contribution is -0.688. The van der Waals surface area contributed by atoms with Gasteiger partial charge in [-0.15, -0.1) is 0 Å². The fourth-order valence-electron chi connectivity index (χ4n) is 3.44. The predicted molar refractivity (Wildman–Crippen MR) is 111 cm³/mol. The molecule has 0 atom stereocenters. The van der Waals surface area contributed by atoms with E-state index < -0.39 is 0 Å². The van der Waals surface area contributed by atoms with Gasteiger partial charge in [0.2, 0.25) is 12.3 Å². The molecule has 0 bridgehead atoms. The highest BCUT2D eigenvalue weighted by Crippen LogP contribution is 2.18. The molecule has 1 aromatic heterocycles. The molecule has 0 saturated heterocycles. The van der Waals surface area contributed by atoms with E-state index in [1.807, 2.05) is 59.3 Å². The minimum Gasteiger partial charge on any atom is -0.508 e. The minimum absolute atomic E-state index is 0.00999. The van der Waals surface area contributed by atoms with Crippen LogP contribution < -0.4 is 4.57 Å². The molecule has 0 saturated carbocycles. The molecule has 0 fully saturated rings. The van der Waals surface area contributed by atoms with Crippen LogP contribution in [0, 0.1) is 0 Å². The van der Waals surface area contributed by atoms with E-state index >= 15 is 0 Å². The molecule has 1 N–H and O–H groups in total. The van der Waals surface area contributed by atoms with Crippen LogP contribution >= 0.6 is 0 Å². The quantitative estimate of drug-likeness (QED) is 0.403. The zero-order valence-corrected chi connectivity index (χ0v) is 15.8. The number of benzene rings is 3. The number of hydrogen-bond acceptors (Lipinski definition) is 3. The van der Waals surface area contributed by atoms with Gasteiger partial charge in [0.15, 0.2) is 17.7 Å². The highest BCUT2D eigenvalue weighted by Gasteiger charge is 2.22. The van der Waals surface area contributed by atoms with Gasteiger partial charge in [-0.25, -0.2) is 0 Å². The number of Topliss-reactive ketones (excluding diaryl/α,β-unsaturated/α-hetero) is 2. The summed E-state index contributed by atoms with van der Waals surface area (Å²) in [5.41, 5.74) is 1.96. The number of nitrogens with zero attached hydrogens (tertiary/aromatic N) is 1. The standard InChI is InChI=1S/C25H19NO3/c27-21-12-10-20(11-13-21)24(28)16-23-22-9-5-4-6-18(22)14-15-26(23)17-25(29)19-7-2-1-3-8-19/h1-15H,16-17H2/p+1. The van der Waals surface area contributed by atoms with Gasteiger partial charge in [-0.1, -0.05) is 48.5 Å². The van der Waals surface area contributed by atoms with Crippen molar-refractivity contribution < 1.29 is 19.3 Å². The SMILES string of the molecule is O=C(Cc1c2ccccc2cc[n+]1CC(=O)c1ccccc1)c1ccc(O)cc1. The summed E-state index contributed by atoms with van der Waals surface area (Å²) in [6, 6.07) is 25.2. The van der Waals surface area contributed by atoms with Gasteiger partial charge in [0, 0.05) is 22.6 Å². The summed E-state index contributed by atoms with van der Waals surface area (Å²) in [6.07, 6.45) is 2.02. The number of aromatic hydroxyl groups is 1. The highest BCUT2D eigenvalue weighted by molar-refractivity contribution is 5.99. The number of phenolic OH excluding ortho intramolecular Hbond substituents is 1. The number of ketones is 2. The molecule has 1 heterocycles. The van der Waals surface area contributed by atoms with Crippen LogP contribution in [0.1, 0.15) is 26.4 Å². The second-order valence-corrected chi connectivity index (χ2v) is 6.91. The maximum Gasteiger partial charge on any atom is 0.227 e. The third-order valence-electron chi connectivity index (χ3n) is 4.98. The Morgan fingerprint density at radius 3 is 2.14 bits per heavy atom. The van der Waals surface area contributed by atoms with E-state index in [1.54, 1.807) is 24.3 Å². The van der Waals surface area contributed by atoms with E-state index in [-0.39, 0.29) is 30.3 Å². The van der Waals surface area contributed by atoms with Crippen molar-refractivity contribution in [2.24, 2.45) is 0 Å². The smallest absolute Gasteiger partial charge is 0.227 e. The van der Waals surface area contributed by atoms with Crippen molar-refractivity contribution >= 4 is 22.3 Å². The third kappa shape index (κ3) is 4.06. The number of carbonyl (C=O) groups excluding carboxylic acids is 2. The number of pyridine rings is 1. The van der Waals surface area contributed by atoms with E-state index in [0.29, 0.717) is 11.1 Å². The first-order valence-corrected chi connectivity index (χ1v) is 9.42. The van der Waals surface area contributed by atoms with Crippen molar-refractivity contribution in [1.82, 2.24) is 0 Å². The maximum atomic E-state index is 12.9. The van der Waals surface area contributed by atoms with Crippen LogP contribution in [0.3, 0.4) is 0 Å². The fourth-order valence-corrected chi connectivity index (χ4v) is 3.44.